The maximum Gasteiger partial charge on any atom is 0.255 e. The topological polar surface area (TPSA) is 68.3 Å². The van der Waals surface area contributed by atoms with Crippen LogP contribution in [0.5, 0.6) is 0 Å². The maximum atomic E-state index is 12.4. The zero-order valence-electron chi connectivity index (χ0n) is 13.1. The summed E-state index contributed by atoms with van der Waals surface area (Å²) >= 11 is 0. The van der Waals surface area contributed by atoms with Gasteiger partial charge in [-0.05, 0) is 17.0 Å². The van der Waals surface area contributed by atoms with E-state index in [2.05, 4.69) is 26.1 Å². The molecule has 4 nitrogen and oxygen atoms in total. The molecule has 2 aromatic rings. The van der Waals surface area contributed by atoms with E-state index in [1.807, 2.05) is 30.3 Å². The van der Waals surface area contributed by atoms with Crippen LogP contribution in [0.4, 0.5) is 0 Å². The lowest BCUT2D eigenvalue weighted by atomic mass is 9.82. The highest BCUT2D eigenvalue weighted by molar-refractivity contribution is 5.94. The molecule has 5 heteroatoms. The van der Waals surface area contributed by atoms with Gasteiger partial charge in [-0.2, -0.15) is 0 Å². The summed E-state index contributed by atoms with van der Waals surface area (Å²) in [5.41, 5.74) is 6.98. The first-order chi connectivity index (χ1) is 9.91. The van der Waals surface area contributed by atoms with Gasteiger partial charge in [-0.15, -0.1) is 12.4 Å². The predicted octanol–water partition coefficient (Wildman–Crippen LogP) is 3.68. The first kappa shape index (κ1) is 18.3. The number of nitrogens with one attached hydrogen (secondary N) is 1. The minimum Gasteiger partial charge on any atom is -0.467 e. The summed E-state index contributed by atoms with van der Waals surface area (Å²) in [5, 5.41) is 3.09. The number of amides is 1. The van der Waals surface area contributed by atoms with Crippen LogP contribution in [-0.4, -0.2) is 5.91 Å². The molecule has 0 aliphatic carbocycles. The second kappa shape index (κ2) is 7.47. The molecule has 2 rings (SSSR count). The predicted molar refractivity (Wildman–Crippen MR) is 90.0 cm³/mol. The van der Waals surface area contributed by atoms with Crippen LogP contribution in [0.1, 0.15) is 48.5 Å². The number of carbonyl (C=O) groups is 1. The van der Waals surface area contributed by atoms with E-state index in [4.69, 9.17) is 10.2 Å². The van der Waals surface area contributed by atoms with Crippen molar-refractivity contribution in [3.63, 3.8) is 0 Å². The molecule has 1 unspecified atom stereocenters. The standard InChI is InChI=1S/C17H22N2O2.ClH/c1-17(2,3)15(12-7-5-4-6-8-12)19-16(20)13-9-14(10-18)21-11-13;/h4-9,11,15H,10,18H2,1-3H3,(H,19,20);1H. The van der Waals surface area contributed by atoms with Crippen molar-refractivity contribution in [2.45, 2.75) is 33.4 Å². The molecule has 0 aliphatic heterocycles. The molecule has 1 heterocycles. The van der Waals surface area contributed by atoms with Crippen molar-refractivity contribution in [1.82, 2.24) is 5.32 Å². The van der Waals surface area contributed by atoms with Crippen LogP contribution in [0.25, 0.3) is 0 Å². The highest BCUT2D eigenvalue weighted by atomic mass is 35.5. The number of carbonyl (C=O) groups excluding carboxylic acids is 1. The van der Waals surface area contributed by atoms with Gasteiger partial charge in [0.2, 0.25) is 0 Å². The van der Waals surface area contributed by atoms with Crippen molar-refractivity contribution in [2.24, 2.45) is 11.1 Å². The lowest BCUT2D eigenvalue weighted by molar-refractivity contribution is 0.0901. The summed E-state index contributed by atoms with van der Waals surface area (Å²) in [6.45, 7) is 6.59. The van der Waals surface area contributed by atoms with Gasteiger partial charge >= 0.3 is 0 Å². The van der Waals surface area contributed by atoms with E-state index in [0.29, 0.717) is 11.3 Å². The monoisotopic (exact) mass is 322 g/mol. The number of nitrogens with two attached hydrogens (primary N) is 1. The maximum absolute atomic E-state index is 12.4. The Bertz CT molecular complexity index is 603. The molecule has 1 aromatic carbocycles. The summed E-state index contributed by atoms with van der Waals surface area (Å²) in [6.07, 6.45) is 1.45. The first-order valence-corrected chi connectivity index (χ1v) is 7.05. The van der Waals surface area contributed by atoms with E-state index < -0.39 is 0 Å². The van der Waals surface area contributed by atoms with E-state index in [9.17, 15) is 4.79 Å². The Morgan fingerprint density at radius 3 is 2.41 bits per heavy atom. The summed E-state index contributed by atoms with van der Waals surface area (Å²) < 4.78 is 5.22. The Kier molecular flexibility index (Phi) is 6.21. The molecule has 1 aromatic heterocycles. The smallest absolute Gasteiger partial charge is 0.255 e. The Labute approximate surface area is 137 Å². The Morgan fingerprint density at radius 2 is 1.91 bits per heavy atom. The van der Waals surface area contributed by atoms with Crippen molar-refractivity contribution < 1.29 is 9.21 Å². The van der Waals surface area contributed by atoms with Crippen LogP contribution < -0.4 is 11.1 Å². The van der Waals surface area contributed by atoms with E-state index >= 15 is 0 Å². The van der Waals surface area contributed by atoms with Crippen LogP contribution in [0.15, 0.2) is 47.1 Å². The number of furan rings is 1. The lowest BCUT2D eigenvalue weighted by Gasteiger charge is -2.31. The Balaban J connectivity index is 0.00000242. The third kappa shape index (κ3) is 4.36. The van der Waals surface area contributed by atoms with E-state index in [0.717, 1.165) is 5.56 Å². The molecule has 22 heavy (non-hydrogen) atoms. The van der Waals surface area contributed by atoms with Gasteiger partial charge in [0.1, 0.15) is 12.0 Å². The Hall–Kier alpha value is -1.78. The van der Waals surface area contributed by atoms with Gasteiger partial charge in [-0.3, -0.25) is 4.79 Å². The van der Waals surface area contributed by atoms with E-state index in [1.165, 1.54) is 6.26 Å². The van der Waals surface area contributed by atoms with Gasteiger partial charge in [0, 0.05) is 0 Å². The molecule has 1 atom stereocenters. The minimum atomic E-state index is -0.151. The van der Waals surface area contributed by atoms with Crippen LogP contribution in [0.2, 0.25) is 0 Å². The average molecular weight is 323 g/mol. The van der Waals surface area contributed by atoms with E-state index in [-0.39, 0.29) is 36.3 Å². The molecular weight excluding hydrogens is 300 g/mol. The number of hydrogen-bond acceptors (Lipinski definition) is 3. The van der Waals surface area contributed by atoms with Crippen molar-refractivity contribution in [2.75, 3.05) is 0 Å². The molecule has 120 valence electrons. The van der Waals surface area contributed by atoms with Crippen LogP contribution in [0, 0.1) is 5.41 Å². The van der Waals surface area contributed by atoms with Crippen LogP contribution >= 0.6 is 12.4 Å². The van der Waals surface area contributed by atoms with Gasteiger partial charge in [-0.1, -0.05) is 51.1 Å². The fourth-order valence-electron chi connectivity index (χ4n) is 2.27. The van der Waals surface area contributed by atoms with Crippen molar-refractivity contribution in [1.29, 1.82) is 0 Å². The second-order valence-corrected chi connectivity index (χ2v) is 6.19. The molecule has 0 aliphatic rings. The number of hydrogen-bond donors (Lipinski definition) is 2. The second-order valence-electron chi connectivity index (χ2n) is 6.19. The Morgan fingerprint density at radius 1 is 1.27 bits per heavy atom. The fraction of sp³-hybridized carbons (Fsp3) is 0.353. The molecule has 1 amide bonds. The largest absolute Gasteiger partial charge is 0.467 e. The van der Waals surface area contributed by atoms with Crippen LogP contribution in [0.3, 0.4) is 0 Å². The minimum absolute atomic E-state index is 0. The quantitative estimate of drug-likeness (QED) is 0.902. The molecule has 0 saturated heterocycles. The summed E-state index contributed by atoms with van der Waals surface area (Å²) in [5.74, 6) is 0.453. The highest BCUT2D eigenvalue weighted by Crippen LogP contribution is 2.32. The molecule has 3 N–H and O–H groups in total. The van der Waals surface area contributed by atoms with Gasteiger partial charge in [0.15, 0.2) is 0 Å². The molecule has 0 bridgehead atoms. The third-order valence-electron chi connectivity index (χ3n) is 3.39. The van der Waals surface area contributed by atoms with Gasteiger partial charge < -0.3 is 15.5 Å². The number of halogens is 1. The van der Waals surface area contributed by atoms with Gasteiger partial charge in [0.25, 0.3) is 5.91 Å². The zero-order valence-corrected chi connectivity index (χ0v) is 13.9. The third-order valence-corrected chi connectivity index (χ3v) is 3.39. The fourth-order valence-corrected chi connectivity index (χ4v) is 2.27. The number of benzene rings is 1. The van der Waals surface area contributed by atoms with Crippen molar-refractivity contribution >= 4 is 18.3 Å². The summed E-state index contributed by atoms with van der Waals surface area (Å²) in [4.78, 5) is 12.4. The number of rotatable bonds is 4. The highest BCUT2D eigenvalue weighted by Gasteiger charge is 2.28. The average Bonchev–Trinajstić information content (AvgIpc) is 2.93. The normalized spacial score (nSPS) is 12.4. The van der Waals surface area contributed by atoms with Crippen LogP contribution in [-0.2, 0) is 6.54 Å². The first-order valence-electron chi connectivity index (χ1n) is 7.05. The molecule has 0 saturated carbocycles. The molecule has 0 spiro atoms. The summed E-state index contributed by atoms with van der Waals surface area (Å²) in [7, 11) is 0. The van der Waals surface area contributed by atoms with Gasteiger partial charge in [-0.25, -0.2) is 0 Å². The summed E-state index contributed by atoms with van der Waals surface area (Å²) in [6, 6.07) is 11.6. The SMILES string of the molecule is CC(C)(C)C(NC(=O)c1coc(CN)c1)c1ccccc1.Cl. The molecular formula is C17H23ClN2O2. The molecule has 0 fully saturated rings. The lowest BCUT2D eigenvalue weighted by Crippen LogP contribution is -2.36. The molecule has 0 radical (unpaired) electrons. The van der Waals surface area contributed by atoms with Crippen molar-refractivity contribution in [3.8, 4) is 0 Å². The zero-order chi connectivity index (χ0) is 15.5. The van der Waals surface area contributed by atoms with E-state index in [1.54, 1.807) is 6.07 Å². The van der Waals surface area contributed by atoms with Gasteiger partial charge in [0.05, 0.1) is 18.2 Å². The van der Waals surface area contributed by atoms with Crippen molar-refractivity contribution in [3.05, 3.63) is 59.5 Å².